The Bertz CT molecular complexity index is 491. The second-order valence-electron chi connectivity index (χ2n) is 4.57. The smallest absolute Gasteiger partial charge is 0.269 e. The fourth-order valence-electron chi connectivity index (χ4n) is 1.95. The molecule has 21 heavy (non-hydrogen) atoms. The minimum absolute atomic E-state index is 0.129. The van der Waals surface area contributed by atoms with E-state index in [0.717, 1.165) is 0 Å². The Morgan fingerprint density at radius 2 is 1.76 bits per heavy atom. The van der Waals surface area contributed by atoms with Crippen LogP contribution in [0.3, 0.4) is 0 Å². The van der Waals surface area contributed by atoms with Gasteiger partial charge in [0.25, 0.3) is 5.69 Å². The highest BCUT2D eigenvalue weighted by atomic mass is 16.7. The third-order valence-electron chi connectivity index (χ3n) is 3.15. The van der Waals surface area contributed by atoms with Gasteiger partial charge >= 0.3 is 0 Å². The van der Waals surface area contributed by atoms with Gasteiger partial charge in [0.15, 0.2) is 0 Å². The average Bonchev–Trinajstić information content (AvgIpc) is 2.48. The van der Waals surface area contributed by atoms with Crippen LogP contribution >= 0.6 is 0 Å². The van der Waals surface area contributed by atoms with Crippen LogP contribution in [-0.4, -0.2) is 62.7 Å². The van der Waals surface area contributed by atoms with Crippen LogP contribution in [0, 0.1) is 10.1 Å². The predicted octanol–water partition coefficient (Wildman–Crippen LogP) is -1.23. The maximum Gasteiger partial charge on any atom is 0.269 e. The Labute approximate surface area is 119 Å². The largest absolute Gasteiger partial charge is 0.462 e. The Morgan fingerprint density at radius 1 is 1.14 bits per heavy atom. The summed E-state index contributed by atoms with van der Waals surface area (Å²) in [7, 11) is 0. The van der Waals surface area contributed by atoms with E-state index in [1.165, 1.54) is 24.3 Å². The summed E-state index contributed by atoms with van der Waals surface area (Å²) in [6.45, 7) is -0.564. The molecule has 2 rings (SSSR count). The molecule has 1 aliphatic heterocycles. The maximum absolute atomic E-state index is 10.5. The molecule has 4 N–H and O–H groups in total. The van der Waals surface area contributed by atoms with Crippen molar-refractivity contribution in [2.75, 3.05) is 6.61 Å². The van der Waals surface area contributed by atoms with E-state index < -0.39 is 42.2 Å². The van der Waals surface area contributed by atoms with Crippen LogP contribution in [-0.2, 0) is 4.74 Å². The Balaban J connectivity index is 2.08. The number of aliphatic hydroxyl groups excluding tert-OH is 4. The van der Waals surface area contributed by atoms with Crippen molar-refractivity contribution in [3.8, 4) is 5.75 Å². The highest BCUT2D eigenvalue weighted by Crippen LogP contribution is 2.25. The molecule has 5 atom stereocenters. The summed E-state index contributed by atoms with van der Waals surface area (Å²) in [5.74, 6) is 0.171. The van der Waals surface area contributed by atoms with E-state index in [0.29, 0.717) is 0 Å². The summed E-state index contributed by atoms with van der Waals surface area (Å²) in [5, 5.41) is 48.6. The van der Waals surface area contributed by atoms with E-state index in [4.69, 9.17) is 14.6 Å². The standard InChI is InChI=1S/C12H15NO8/c14-5-8-9(15)10(16)11(17)12(21-8)20-7-3-1-6(2-4-7)13(18)19/h1-4,8-12,14-17H,5H2/t8-,9+,10+,11-,12-/m0/s1. The lowest BCUT2D eigenvalue weighted by atomic mass is 9.99. The third kappa shape index (κ3) is 3.28. The highest BCUT2D eigenvalue weighted by Gasteiger charge is 2.44. The lowest BCUT2D eigenvalue weighted by Gasteiger charge is -2.39. The molecule has 0 bridgehead atoms. The summed E-state index contributed by atoms with van der Waals surface area (Å²) in [5.41, 5.74) is -0.129. The van der Waals surface area contributed by atoms with Crippen LogP contribution in [0.15, 0.2) is 24.3 Å². The third-order valence-corrected chi connectivity index (χ3v) is 3.15. The fraction of sp³-hybridized carbons (Fsp3) is 0.500. The van der Waals surface area contributed by atoms with Gasteiger partial charge in [0.05, 0.1) is 11.5 Å². The minimum Gasteiger partial charge on any atom is -0.462 e. The van der Waals surface area contributed by atoms with Gasteiger partial charge < -0.3 is 29.9 Å². The van der Waals surface area contributed by atoms with Crippen molar-refractivity contribution in [3.63, 3.8) is 0 Å². The van der Waals surface area contributed by atoms with E-state index in [2.05, 4.69) is 0 Å². The number of nitro groups is 1. The Kier molecular flexibility index (Phi) is 4.70. The molecule has 0 aliphatic carbocycles. The van der Waals surface area contributed by atoms with Gasteiger partial charge in [0.2, 0.25) is 6.29 Å². The predicted molar refractivity (Wildman–Crippen MR) is 67.5 cm³/mol. The van der Waals surface area contributed by atoms with Crippen LogP contribution in [0.2, 0.25) is 0 Å². The van der Waals surface area contributed by atoms with E-state index in [-0.39, 0.29) is 11.4 Å². The lowest BCUT2D eigenvalue weighted by Crippen LogP contribution is -2.60. The number of hydrogen-bond acceptors (Lipinski definition) is 8. The first-order valence-corrected chi connectivity index (χ1v) is 6.15. The molecule has 1 heterocycles. The summed E-state index contributed by atoms with van der Waals surface area (Å²) in [6, 6.07) is 5.03. The number of nitro benzene ring substituents is 1. The van der Waals surface area contributed by atoms with Crippen LogP contribution < -0.4 is 4.74 Å². The van der Waals surface area contributed by atoms with Gasteiger partial charge in [-0.3, -0.25) is 10.1 Å². The van der Waals surface area contributed by atoms with Gasteiger partial charge in [-0.05, 0) is 12.1 Å². The average molecular weight is 301 g/mol. The maximum atomic E-state index is 10.5. The summed E-state index contributed by atoms with van der Waals surface area (Å²) < 4.78 is 10.4. The second kappa shape index (κ2) is 6.33. The van der Waals surface area contributed by atoms with Crippen molar-refractivity contribution in [2.45, 2.75) is 30.7 Å². The van der Waals surface area contributed by atoms with Gasteiger partial charge in [0.1, 0.15) is 30.2 Å². The second-order valence-corrected chi connectivity index (χ2v) is 4.57. The van der Waals surface area contributed by atoms with Crippen molar-refractivity contribution in [3.05, 3.63) is 34.4 Å². The van der Waals surface area contributed by atoms with Gasteiger partial charge in [-0.25, -0.2) is 0 Å². The molecule has 1 fully saturated rings. The van der Waals surface area contributed by atoms with Crippen LogP contribution in [0.5, 0.6) is 5.75 Å². The lowest BCUT2D eigenvalue weighted by molar-refractivity contribution is -0.384. The van der Waals surface area contributed by atoms with Crippen LogP contribution in [0.25, 0.3) is 0 Å². The van der Waals surface area contributed by atoms with Gasteiger partial charge in [-0.2, -0.15) is 0 Å². The van der Waals surface area contributed by atoms with E-state index in [1.54, 1.807) is 0 Å². The van der Waals surface area contributed by atoms with E-state index in [1.807, 2.05) is 0 Å². The molecule has 1 aromatic carbocycles. The first-order chi connectivity index (χ1) is 9.93. The zero-order chi connectivity index (χ0) is 15.6. The number of ether oxygens (including phenoxy) is 2. The zero-order valence-corrected chi connectivity index (χ0v) is 10.8. The molecule has 0 saturated carbocycles. The number of aliphatic hydroxyl groups is 4. The number of benzene rings is 1. The van der Waals surface area contributed by atoms with Gasteiger partial charge in [0, 0.05) is 12.1 Å². The summed E-state index contributed by atoms with van der Waals surface area (Å²) >= 11 is 0. The van der Waals surface area contributed by atoms with E-state index in [9.17, 15) is 25.4 Å². The monoisotopic (exact) mass is 301 g/mol. The van der Waals surface area contributed by atoms with E-state index >= 15 is 0 Å². The first-order valence-electron chi connectivity index (χ1n) is 6.15. The van der Waals surface area contributed by atoms with Crippen molar-refractivity contribution < 1.29 is 34.8 Å². The molecule has 0 radical (unpaired) electrons. The van der Waals surface area contributed by atoms with Crippen LogP contribution in [0.1, 0.15) is 0 Å². The number of nitrogens with zero attached hydrogens (tertiary/aromatic N) is 1. The molecule has 9 heteroatoms. The zero-order valence-electron chi connectivity index (χ0n) is 10.8. The summed E-state index contributed by atoms with van der Waals surface area (Å²) in [4.78, 5) is 9.95. The van der Waals surface area contributed by atoms with Crippen molar-refractivity contribution in [1.29, 1.82) is 0 Å². The molecule has 9 nitrogen and oxygen atoms in total. The van der Waals surface area contributed by atoms with Crippen molar-refractivity contribution >= 4 is 5.69 Å². The van der Waals surface area contributed by atoms with Crippen molar-refractivity contribution in [1.82, 2.24) is 0 Å². The number of hydrogen-bond donors (Lipinski definition) is 4. The molecule has 0 unspecified atom stereocenters. The van der Waals surface area contributed by atoms with Gasteiger partial charge in [-0.15, -0.1) is 0 Å². The quantitative estimate of drug-likeness (QED) is 0.400. The first kappa shape index (κ1) is 15.6. The minimum atomic E-state index is -1.54. The molecule has 0 aromatic heterocycles. The highest BCUT2D eigenvalue weighted by molar-refractivity contribution is 5.36. The molecule has 116 valence electrons. The van der Waals surface area contributed by atoms with Gasteiger partial charge in [-0.1, -0.05) is 0 Å². The van der Waals surface area contributed by atoms with Crippen LogP contribution in [0.4, 0.5) is 5.69 Å². The van der Waals surface area contributed by atoms with Crippen molar-refractivity contribution in [2.24, 2.45) is 0 Å². The molecule has 0 amide bonds. The normalized spacial score (nSPS) is 32.7. The molecular formula is C12H15NO8. The Morgan fingerprint density at radius 3 is 2.29 bits per heavy atom. The number of non-ortho nitro benzene ring substituents is 1. The molecular weight excluding hydrogens is 286 g/mol. The number of rotatable bonds is 4. The fourth-order valence-corrected chi connectivity index (χ4v) is 1.95. The summed E-state index contributed by atoms with van der Waals surface area (Å²) in [6.07, 6.45) is -6.94. The Hall–Kier alpha value is -1.78. The molecule has 1 aliphatic rings. The molecule has 1 aromatic rings. The topological polar surface area (TPSA) is 143 Å². The SMILES string of the molecule is O=[N+]([O-])c1ccc(O[C@H]2O[C@@H](CO)[C@@H](O)[C@@H](O)[C@@H]2O)cc1. The molecule has 0 spiro atoms. The molecule has 1 saturated heterocycles.